The molecule has 0 bridgehead atoms. The summed E-state index contributed by atoms with van der Waals surface area (Å²) < 4.78 is 0. The number of rotatable bonds is 4. The monoisotopic (exact) mass is 412 g/mol. The summed E-state index contributed by atoms with van der Waals surface area (Å²) in [6.45, 7) is 12.5. The Bertz CT molecular complexity index is 902. The molecule has 3 N–H and O–H groups in total. The lowest BCUT2D eigenvalue weighted by Crippen LogP contribution is -2.35. The number of aromatic nitrogens is 1. The molecule has 0 amide bonds. The molecule has 1 atom stereocenters. The van der Waals surface area contributed by atoms with Gasteiger partial charge in [0.05, 0.1) is 11.9 Å². The average Bonchev–Trinajstić information content (AvgIpc) is 2.94. The first-order valence-electron chi connectivity index (χ1n) is 11.4. The van der Waals surface area contributed by atoms with E-state index in [0.717, 1.165) is 36.7 Å². The van der Waals surface area contributed by atoms with Gasteiger partial charge in [-0.05, 0) is 53.5 Å². The van der Waals surface area contributed by atoms with Gasteiger partial charge in [0.15, 0.2) is 0 Å². The van der Waals surface area contributed by atoms with E-state index < -0.39 is 6.23 Å². The molecular formula is C25H40N4O. The van der Waals surface area contributed by atoms with Crippen LogP contribution < -0.4 is 16.0 Å². The van der Waals surface area contributed by atoms with E-state index in [1.54, 1.807) is 0 Å². The molecule has 5 heteroatoms. The maximum absolute atomic E-state index is 10.6. The molecule has 166 valence electrons. The fraction of sp³-hybridized carbons (Fsp3) is 0.560. The van der Waals surface area contributed by atoms with Gasteiger partial charge < -0.3 is 15.0 Å². The fourth-order valence-corrected chi connectivity index (χ4v) is 4.01. The minimum atomic E-state index is -0.486. The normalized spacial score (nSPS) is 19.1. The second-order valence-electron chi connectivity index (χ2n) is 8.40. The van der Waals surface area contributed by atoms with E-state index in [2.05, 4.69) is 61.4 Å². The molecule has 0 radical (unpaired) electrons. The third kappa shape index (κ3) is 5.45. The molecule has 2 aliphatic rings. The van der Waals surface area contributed by atoms with Gasteiger partial charge in [-0.15, -0.1) is 0 Å². The molecule has 3 rings (SSSR count). The summed E-state index contributed by atoms with van der Waals surface area (Å²) in [6, 6.07) is 0. The Morgan fingerprint density at radius 3 is 2.57 bits per heavy atom. The van der Waals surface area contributed by atoms with Crippen LogP contribution in [0.1, 0.15) is 72.1 Å². The van der Waals surface area contributed by atoms with Crippen LogP contribution in [-0.4, -0.2) is 34.5 Å². The number of hydrogen-bond donors (Lipinski definition) is 3. The van der Waals surface area contributed by atoms with E-state index in [1.807, 2.05) is 38.2 Å². The van der Waals surface area contributed by atoms with Crippen molar-refractivity contribution in [1.29, 1.82) is 0 Å². The van der Waals surface area contributed by atoms with Gasteiger partial charge in [-0.25, -0.2) is 0 Å². The van der Waals surface area contributed by atoms with E-state index in [9.17, 15) is 5.11 Å². The van der Waals surface area contributed by atoms with Crippen molar-refractivity contribution in [3.63, 3.8) is 0 Å². The van der Waals surface area contributed by atoms with Crippen LogP contribution in [0.15, 0.2) is 28.6 Å². The molecule has 30 heavy (non-hydrogen) atoms. The van der Waals surface area contributed by atoms with E-state index in [1.165, 1.54) is 22.1 Å². The molecule has 5 nitrogen and oxygen atoms in total. The van der Waals surface area contributed by atoms with Gasteiger partial charge in [-0.3, -0.25) is 5.43 Å². The number of H-pyrrole nitrogens is 1. The van der Waals surface area contributed by atoms with E-state index in [0.29, 0.717) is 5.92 Å². The van der Waals surface area contributed by atoms with Crippen molar-refractivity contribution >= 4 is 18.4 Å². The summed E-state index contributed by atoms with van der Waals surface area (Å²) >= 11 is 0. The largest absolute Gasteiger partial charge is 0.373 e. The number of nitrogens with one attached hydrogen (secondary N) is 2. The second kappa shape index (κ2) is 11.2. The first kappa shape index (κ1) is 24.0. The zero-order chi connectivity index (χ0) is 22.3. The molecular weight excluding hydrogens is 372 g/mol. The van der Waals surface area contributed by atoms with Gasteiger partial charge >= 0.3 is 0 Å². The summed E-state index contributed by atoms with van der Waals surface area (Å²) in [5.74, 6) is 0.546. The molecule has 1 aliphatic carbocycles. The van der Waals surface area contributed by atoms with Crippen molar-refractivity contribution in [2.24, 2.45) is 16.9 Å². The SMILES string of the molecule is CC.CC(C)C1=C(N(C)C(O)C(C)C)CC=c2c3c([nH]c2=C1)/C=N/N/C=C/CCC3. The van der Waals surface area contributed by atoms with E-state index >= 15 is 0 Å². The average molecular weight is 413 g/mol. The standard InChI is InChI=1S/C23H34N4O.C2H6/c1-15(2)19-13-20-18(10-11-22(19)27(5)23(28)16(3)4)17-9-7-6-8-12-24-25-14-21(17)26-20;1-2/h8,10,12-16,23-24,26,28H,6-7,9,11H2,1-5H3;1-2H3/b12-8+,25-14+;. The van der Waals surface area contributed by atoms with Gasteiger partial charge in [0, 0.05) is 30.7 Å². The van der Waals surface area contributed by atoms with Crippen molar-refractivity contribution in [2.45, 2.75) is 73.5 Å². The summed E-state index contributed by atoms with van der Waals surface area (Å²) in [5, 5.41) is 17.4. The molecule has 1 aliphatic heterocycles. The fourth-order valence-electron chi connectivity index (χ4n) is 4.01. The van der Waals surface area contributed by atoms with Gasteiger partial charge in [-0.1, -0.05) is 53.7 Å². The molecule has 2 heterocycles. The summed E-state index contributed by atoms with van der Waals surface area (Å²) in [7, 11) is 2.01. The van der Waals surface area contributed by atoms with Crippen LogP contribution in [0.5, 0.6) is 0 Å². The molecule has 1 aromatic heterocycles. The highest BCUT2D eigenvalue weighted by Gasteiger charge is 2.22. The number of aliphatic hydroxyl groups is 1. The lowest BCUT2D eigenvalue weighted by atomic mass is 9.98. The summed E-state index contributed by atoms with van der Waals surface area (Å²) in [4.78, 5) is 5.64. The molecule has 1 unspecified atom stereocenters. The highest BCUT2D eigenvalue weighted by molar-refractivity contribution is 5.80. The van der Waals surface area contributed by atoms with Crippen molar-refractivity contribution in [2.75, 3.05) is 7.05 Å². The smallest absolute Gasteiger partial charge is 0.128 e. The van der Waals surface area contributed by atoms with Crippen LogP contribution in [0.3, 0.4) is 0 Å². The Labute approximate surface area is 182 Å². The first-order valence-corrected chi connectivity index (χ1v) is 11.4. The Balaban J connectivity index is 0.00000155. The minimum absolute atomic E-state index is 0.177. The Kier molecular flexibility index (Phi) is 8.97. The molecule has 0 spiro atoms. The second-order valence-corrected chi connectivity index (χ2v) is 8.40. The molecule has 0 saturated carbocycles. The predicted octanol–water partition coefficient (Wildman–Crippen LogP) is 3.60. The number of hydrogen-bond acceptors (Lipinski definition) is 4. The third-order valence-corrected chi connectivity index (χ3v) is 5.64. The van der Waals surface area contributed by atoms with Crippen molar-refractivity contribution in [3.05, 3.63) is 45.4 Å². The van der Waals surface area contributed by atoms with Crippen molar-refractivity contribution < 1.29 is 5.11 Å². The molecule has 0 saturated heterocycles. The van der Waals surface area contributed by atoms with Gasteiger partial charge in [0.1, 0.15) is 6.23 Å². The highest BCUT2D eigenvalue weighted by Crippen LogP contribution is 2.26. The van der Waals surface area contributed by atoms with Gasteiger partial charge in [0.2, 0.25) is 0 Å². The Morgan fingerprint density at radius 2 is 1.90 bits per heavy atom. The lowest BCUT2D eigenvalue weighted by Gasteiger charge is -2.32. The maximum atomic E-state index is 10.6. The van der Waals surface area contributed by atoms with Crippen LogP contribution in [0.25, 0.3) is 12.2 Å². The van der Waals surface area contributed by atoms with E-state index in [-0.39, 0.29) is 5.92 Å². The van der Waals surface area contributed by atoms with Crippen LogP contribution in [0.2, 0.25) is 0 Å². The Hall–Kier alpha value is -2.27. The Morgan fingerprint density at radius 1 is 1.17 bits per heavy atom. The molecule has 1 aromatic rings. The number of aliphatic hydroxyl groups excluding tert-OH is 1. The zero-order valence-electron chi connectivity index (χ0n) is 19.8. The minimum Gasteiger partial charge on any atom is -0.373 e. The third-order valence-electron chi connectivity index (χ3n) is 5.64. The number of nitrogens with zero attached hydrogens (tertiary/aromatic N) is 2. The topological polar surface area (TPSA) is 63.6 Å². The lowest BCUT2D eigenvalue weighted by molar-refractivity contribution is 0.00580. The van der Waals surface area contributed by atoms with Crippen LogP contribution in [0.4, 0.5) is 0 Å². The van der Waals surface area contributed by atoms with Crippen LogP contribution in [-0.2, 0) is 6.42 Å². The van der Waals surface area contributed by atoms with E-state index in [4.69, 9.17) is 0 Å². The maximum Gasteiger partial charge on any atom is 0.128 e. The van der Waals surface area contributed by atoms with Crippen molar-refractivity contribution in [1.82, 2.24) is 15.3 Å². The number of hydrazone groups is 1. The molecule has 0 aromatic carbocycles. The van der Waals surface area contributed by atoms with Gasteiger partial charge in [-0.2, -0.15) is 5.10 Å². The van der Waals surface area contributed by atoms with Gasteiger partial charge in [0.25, 0.3) is 0 Å². The molecule has 0 fully saturated rings. The number of fused-ring (bicyclic) bond motifs is 3. The summed E-state index contributed by atoms with van der Waals surface area (Å²) in [5.41, 5.74) is 7.86. The van der Waals surface area contributed by atoms with Crippen LogP contribution in [0, 0.1) is 11.8 Å². The number of allylic oxidation sites excluding steroid dienone is 3. The summed E-state index contributed by atoms with van der Waals surface area (Å²) in [6.07, 6.45) is 14.0. The predicted molar refractivity (Wildman–Crippen MR) is 128 cm³/mol. The quantitative estimate of drug-likeness (QED) is 0.662. The van der Waals surface area contributed by atoms with Crippen LogP contribution >= 0.6 is 0 Å². The highest BCUT2D eigenvalue weighted by atomic mass is 16.3. The first-order chi connectivity index (χ1) is 14.4. The number of aromatic amines is 1. The zero-order valence-corrected chi connectivity index (χ0v) is 19.8. The van der Waals surface area contributed by atoms with Crippen molar-refractivity contribution in [3.8, 4) is 0 Å².